The van der Waals surface area contributed by atoms with Crippen LogP contribution in [0.2, 0.25) is 5.02 Å². The van der Waals surface area contributed by atoms with E-state index in [1.165, 1.54) is 11.9 Å². The lowest BCUT2D eigenvalue weighted by molar-refractivity contribution is -0.139. The minimum Gasteiger partial charge on any atom is -0.357 e. The molecule has 2 amide bonds. The summed E-state index contributed by atoms with van der Waals surface area (Å²) in [6.45, 7) is 3.37. The lowest BCUT2D eigenvalue weighted by Gasteiger charge is -2.33. The van der Waals surface area contributed by atoms with Gasteiger partial charge in [0.05, 0.1) is 11.9 Å². The molecule has 174 valence electrons. The van der Waals surface area contributed by atoms with E-state index in [1.54, 1.807) is 25.1 Å². The Morgan fingerprint density at radius 1 is 1.09 bits per heavy atom. The van der Waals surface area contributed by atoms with E-state index < -0.39 is 28.5 Å². The van der Waals surface area contributed by atoms with Crippen LogP contribution in [0.25, 0.3) is 0 Å². The van der Waals surface area contributed by atoms with Crippen LogP contribution < -0.4 is 9.62 Å². The topological polar surface area (TPSA) is 86.8 Å². The Bertz CT molecular complexity index is 1040. The quantitative estimate of drug-likeness (QED) is 0.567. The van der Waals surface area contributed by atoms with E-state index >= 15 is 0 Å². The van der Waals surface area contributed by atoms with Gasteiger partial charge in [-0.2, -0.15) is 0 Å². The molecule has 1 atom stereocenters. The highest BCUT2D eigenvalue weighted by atomic mass is 35.5. The molecule has 0 aliphatic heterocycles. The van der Waals surface area contributed by atoms with Gasteiger partial charge < -0.3 is 10.2 Å². The molecule has 9 heteroatoms. The van der Waals surface area contributed by atoms with E-state index in [4.69, 9.17) is 11.6 Å². The molecule has 0 spiro atoms. The van der Waals surface area contributed by atoms with Crippen molar-refractivity contribution in [3.05, 3.63) is 64.7 Å². The Morgan fingerprint density at radius 2 is 1.75 bits per heavy atom. The predicted octanol–water partition coefficient (Wildman–Crippen LogP) is 3.01. The number of sulfonamides is 1. The van der Waals surface area contributed by atoms with Gasteiger partial charge in [-0.3, -0.25) is 13.9 Å². The first-order chi connectivity index (χ1) is 15.1. The SMILES string of the molecule is CC[C@@H](C(=O)NC)N(CCc1ccccc1)C(=O)CN(c1cccc(Cl)c1C)S(C)(=O)=O. The first-order valence-electron chi connectivity index (χ1n) is 10.4. The monoisotopic (exact) mass is 479 g/mol. The molecule has 2 aromatic carbocycles. The highest BCUT2D eigenvalue weighted by molar-refractivity contribution is 7.92. The van der Waals surface area contributed by atoms with Crippen LogP contribution in [0.5, 0.6) is 0 Å². The number of carbonyl (C=O) groups excluding carboxylic acids is 2. The van der Waals surface area contributed by atoms with Crippen molar-refractivity contribution in [2.24, 2.45) is 0 Å². The molecule has 2 aromatic rings. The molecule has 0 saturated carbocycles. The van der Waals surface area contributed by atoms with Crippen LogP contribution in [-0.4, -0.2) is 57.6 Å². The van der Waals surface area contributed by atoms with Gasteiger partial charge in [0, 0.05) is 18.6 Å². The molecule has 32 heavy (non-hydrogen) atoms. The van der Waals surface area contributed by atoms with Gasteiger partial charge in [0.15, 0.2) is 0 Å². The van der Waals surface area contributed by atoms with Crippen molar-refractivity contribution < 1.29 is 18.0 Å². The molecule has 0 radical (unpaired) electrons. The summed E-state index contributed by atoms with van der Waals surface area (Å²) in [4.78, 5) is 27.4. The van der Waals surface area contributed by atoms with E-state index in [0.717, 1.165) is 16.1 Å². The number of anilines is 1. The molecule has 0 aliphatic rings. The fraction of sp³-hybridized carbons (Fsp3) is 0.391. The Labute approximate surface area is 195 Å². The summed E-state index contributed by atoms with van der Waals surface area (Å²) < 4.78 is 26.2. The van der Waals surface area contributed by atoms with Crippen LogP contribution in [-0.2, 0) is 26.0 Å². The number of likely N-dealkylation sites (N-methyl/N-ethyl adjacent to an activating group) is 1. The van der Waals surface area contributed by atoms with Crippen LogP contribution in [0.1, 0.15) is 24.5 Å². The Balaban J connectivity index is 2.38. The number of hydrogen-bond acceptors (Lipinski definition) is 4. The van der Waals surface area contributed by atoms with E-state index in [9.17, 15) is 18.0 Å². The molecule has 0 unspecified atom stereocenters. The lowest BCUT2D eigenvalue weighted by Crippen LogP contribution is -2.52. The number of nitrogens with zero attached hydrogens (tertiary/aromatic N) is 2. The summed E-state index contributed by atoms with van der Waals surface area (Å²) in [6.07, 6.45) is 1.98. The Hall–Kier alpha value is -2.58. The third-order valence-electron chi connectivity index (χ3n) is 5.30. The van der Waals surface area contributed by atoms with E-state index in [-0.39, 0.29) is 12.5 Å². The zero-order valence-electron chi connectivity index (χ0n) is 18.8. The van der Waals surface area contributed by atoms with Crippen molar-refractivity contribution in [2.45, 2.75) is 32.7 Å². The van der Waals surface area contributed by atoms with Gasteiger partial charge in [-0.05, 0) is 43.0 Å². The number of amides is 2. The van der Waals surface area contributed by atoms with Gasteiger partial charge >= 0.3 is 0 Å². The number of nitrogens with one attached hydrogen (secondary N) is 1. The summed E-state index contributed by atoms with van der Waals surface area (Å²) in [7, 11) is -2.27. The van der Waals surface area contributed by atoms with Gasteiger partial charge in [0.25, 0.3) is 0 Å². The average molecular weight is 480 g/mol. The minimum absolute atomic E-state index is 0.279. The van der Waals surface area contributed by atoms with Crippen LogP contribution >= 0.6 is 11.6 Å². The molecular weight excluding hydrogens is 450 g/mol. The maximum absolute atomic E-state index is 13.4. The fourth-order valence-electron chi connectivity index (χ4n) is 3.52. The predicted molar refractivity (Wildman–Crippen MR) is 128 cm³/mol. The molecule has 0 heterocycles. The van der Waals surface area contributed by atoms with Gasteiger partial charge in [-0.25, -0.2) is 8.42 Å². The number of halogens is 1. The number of carbonyl (C=O) groups is 2. The normalized spacial score (nSPS) is 12.2. The van der Waals surface area contributed by atoms with Crippen LogP contribution in [0.4, 0.5) is 5.69 Å². The lowest BCUT2D eigenvalue weighted by atomic mass is 10.1. The van der Waals surface area contributed by atoms with E-state index in [0.29, 0.717) is 29.1 Å². The maximum Gasteiger partial charge on any atom is 0.244 e. The van der Waals surface area contributed by atoms with Crippen molar-refractivity contribution in [1.82, 2.24) is 10.2 Å². The highest BCUT2D eigenvalue weighted by Gasteiger charge is 2.31. The standard InChI is InChI=1S/C23H30ClN3O4S/c1-5-20(23(29)25-3)26(15-14-18-10-7-6-8-11-18)22(28)16-27(32(4,30)31)21-13-9-12-19(24)17(21)2/h6-13,20H,5,14-16H2,1-4H3,(H,25,29)/t20-/m0/s1. The van der Waals surface area contributed by atoms with E-state index in [2.05, 4.69) is 5.32 Å². The second-order valence-electron chi connectivity index (χ2n) is 7.51. The Kier molecular flexibility index (Phi) is 9.09. The largest absolute Gasteiger partial charge is 0.357 e. The van der Waals surface area contributed by atoms with Crippen molar-refractivity contribution in [2.75, 3.05) is 30.7 Å². The molecule has 0 saturated heterocycles. The number of rotatable bonds is 10. The number of benzene rings is 2. The van der Waals surface area contributed by atoms with Crippen molar-refractivity contribution in [3.63, 3.8) is 0 Å². The minimum atomic E-state index is -3.78. The van der Waals surface area contributed by atoms with Gasteiger partial charge in [-0.1, -0.05) is 54.9 Å². The molecule has 2 rings (SSSR count). The third-order valence-corrected chi connectivity index (χ3v) is 6.84. The molecular formula is C23H30ClN3O4S. The van der Waals surface area contributed by atoms with Crippen LogP contribution in [0.15, 0.2) is 48.5 Å². The fourth-order valence-corrected chi connectivity index (χ4v) is 4.59. The molecule has 0 aliphatic carbocycles. The summed E-state index contributed by atoms with van der Waals surface area (Å²) in [5.41, 5.74) is 1.91. The van der Waals surface area contributed by atoms with Crippen molar-refractivity contribution >= 4 is 39.1 Å². The zero-order valence-corrected chi connectivity index (χ0v) is 20.4. The number of hydrogen-bond donors (Lipinski definition) is 1. The van der Waals surface area contributed by atoms with Gasteiger partial charge in [0.1, 0.15) is 12.6 Å². The first kappa shape index (κ1) is 25.7. The Morgan fingerprint density at radius 3 is 2.31 bits per heavy atom. The summed E-state index contributed by atoms with van der Waals surface area (Å²) in [5, 5.41) is 3.00. The smallest absolute Gasteiger partial charge is 0.244 e. The molecule has 7 nitrogen and oxygen atoms in total. The zero-order chi connectivity index (χ0) is 23.9. The van der Waals surface area contributed by atoms with Gasteiger partial charge in [0.2, 0.25) is 21.8 Å². The third kappa shape index (κ3) is 6.46. The highest BCUT2D eigenvalue weighted by Crippen LogP contribution is 2.28. The molecule has 0 fully saturated rings. The molecule has 0 bridgehead atoms. The average Bonchev–Trinajstić information content (AvgIpc) is 2.76. The summed E-state index contributed by atoms with van der Waals surface area (Å²) in [6, 6.07) is 13.8. The maximum atomic E-state index is 13.4. The summed E-state index contributed by atoms with van der Waals surface area (Å²) in [5.74, 6) is -0.750. The molecule has 0 aromatic heterocycles. The van der Waals surface area contributed by atoms with E-state index in [1.807, 2.05) is 37.3 Å². The van der Waals surface area contributed by atoms with Crippen LogP contribution in [0.3, 0.4) is 0 Å². The van der Waals surface area contributed by atoms with Crippen molar-refractivity contribution in [3.8, 4) is 0 Å². The van der Waals surface area contributed by atoms with Crippen molar-refractivity contribution in [1.29, 1.82) is 0 Å². The molecule has 1 N–H and O–H groups in total. The first-order valence-corrected chi connectivity index (χ1v) is 12.6. The second-order valence-corrected chi connectivity index (χ2v) is 9.83. The second kappa shape index (κ2) is 11.3. The van der Waals surface area contributed by atoms with Crippen LogP contribution in [0, 0.1) is 6.92 Å². The summed E-state index contributed by atoms with van der Waals surface area (Å²) >= 11 is 6.19. The van der Waals surface area contributed by atoms with Gasteiger partial charge in [-0.15, -0.1) is 0 Å².